The minimum Gasteiger partial charge on any atom is -0.370 e. The number of nitrogens with two attached hydrogens (primary N) is 1. The van der Waals surface area contributed by atoms with Gasteiger partial charge < -0.3 is 11.1 Å². The zero-order valence-corrected chi connectivity index (χ0v) is 13.8. The molecule has 0 heterocycles. The molecule has 0 fully saturated rings. The summed E-state index contributed by atoms with van der Waals surface area (Å²) < 4.78 is 24.0. The monoisotopic (exact) mass is 398 g/mol. The SMILES string of the molecule is CS(=O)(=O)NCCCN=C(N)Nc1ccccc1.I. The first-order valence-electron chi connectivity index (χ1n) is 5.54. The average molecular weight is 398 g/mol. The molecule has 19 heavy (non-hydrogen) atoms. The van der Waals surface area contributed by atoms with E-state index in [0.717, 1.165) is 11.9 Å². The van der Waals surface area contributed by atoms with Gasteiger partial charge in [-0.05, 0) is 18.6 Å². The van der Waals surface area contributed by atoms with Crippen molar-refractivity contribution < 1.29 is 8.42 Å². The summed E-state index contributed by atoms with van der Waals surface area (Å²) in [5, 5.41) is 2.94. The first-order valence-corrected chi connectivity index (χ1v) is 7.43. The number of halogens is 1. The zero-order valence-electron chi connectivity index (χ0n) is 10.7. The molecule has 0 aliphatic carbocycles. The number of aliphatic imine (C=N–C) groups is 1. The number of guanidine groups is 1. The van der Waals surface area contributed by atoms with Gasteiger partial charge in [0.05, 0.1) is 6.26 Å². The van der Waals surface area contributed by atoms with E-state index in [-0.39, 0.29) is 24.0 Å². The molecule has 8 heteroatoms. The van der Waals surface area contributed by atoms with Gasteiger partial charge in [-0.3, -0.25) is 4.99 Å². The van der Waals surface area contributed by atoms with Crippen molar-refractivity contribution >= 4 is 45.6 Å². The first kappa shape index (κ1) is 18.1. The molecule has 0 aliphatic heterocycles. The third kappa shape index (κ3) is 9.68. The highest BCUT2D eigenvalue weighted by molar-refractivity contribution is 14.0. The minimum absolute atomic E-state index is 0. The number of nitrogens with zero attached hydrogens (tertiary/aromatic N) is 1. The molecule has 0 aromatic heterocycles. The van der Waals surface area contributed by atoms with E-state index < -0.39 is 10.0 Å². The lowest BCUT2D eigenvalue weighted by molar-refractivity contribution is 0.586. The van der Waals surface area contributed by atoms with Crippen molar-refractivity contribution in [3.8, 4) is 0 Å². The van der Waals surface area contributed by atoms with E-state index in [1.165, 1.54) is 0 Å². The van der Waals surface area contributed by atoms with Crippen LogP contribution in [0.5, 0.6) is 0 Å². The summed E-state index contributed by atoms with van der Waals surface area (Å²) in [6.07, 6.45) is 1.73. The Morgan fingerprint density at radius 2 is 1.95 bits per heavy atom. The summed E-state index contributed by atoms with van der Waals surface area (Å²) in [6.45, 7) is 0.829. The summed E-state index contributed by atoms with van der Waals surface area (Å²) in [6, 6.07) is 9.47. The molecule has 0 aliphatic rings. The second-order valence-electron chi connectivity index (χ2n) is 3.78. The van der Waals surface area contributed by atoms with Gasteiger partial charge in [-0.1, -0.05) is 18.2 Å². The van der Waals surface area contributed by atoms with Crippen LogP contribution >= 0.6 is 24.0 Å². The van der Waals surface area contributed by atoms with Crippen molar-refractivity contribution in [3.63, 3.8) is 0 Å². The molecule has 1 aromatic rings. The summed E-state index contributed by atoms with van der Waals surface area (Å²) in [5.74, 6) is 0.320. The number of benzene rings is 1. The van der Waals surface area contributed by atoms with Crippen molar-refractivity contribution in [2.45, 2.75) is 6.42 Å². The van der Waals surface area contributed by atoms with Crippen LogP contribution in [0.4, 0.5) is 5.69 Å². The van der Waals surface area contributed by atoms with Crippen LogP contribution in [0.2, 0.25) is 0 Å². The maximum atomic E-state index is 10.8. The standard InChI is InChI=1S/C11H18N4O2S.HI/c1-18(16,17)14-9-5-8-13-11(12)15-10-6-3-2-4-7-10;/h2-4,6-7,14H,5,8-9H2,1H3,(H3,12,13,15);1H. The molecular weight excluding hydrogens is 379 g/mol. The number of hydrogen-bond acceptors (Lipinski definition) is 3. The first-order chi connectivity index (χ1) is 8.47. The van der Waals surface area contributed by atoms with Crippen molar-refractivity contribution in [3.05, 3.63) is 30.3 Å². The van der Waals surface area contributed by atoms with E-state index in [1.807, 2.05) is 30.3 Å². The van der Waals surface area contributed by atoms with Gasteiger partial charge in [-0.25, -0.2) is 13.1 Å². The molecule has 6 nitrogen and oxygen atoms in total. The average Bonchev–Trinajstić information content (AvgIpc) is 2.28. The normalized spacial score (nSPS) is 11.7. The van der Waals surface area contributed by atoms with Gasteiger partial charge in [-0.15, -0.1) is 24.0 Å². The maximum absolute atomic E-state index is 10.8. The van der Waals surface area contributed by atoms with E-state index >= 15 is 0 Å². The predicted molar refractivity (Wildman–Crippen MR) is 89.4 cm³/mol. The molecule has 4 N–H and O–H groups in total. The van der Waals surface area contributed by atoms with Crippen LogP contribution in [0.25, 0.3) is 0 Å². The summed E-state index contributed by atoms with van der Waals surface area (Å²) in [7, 11) is -3.12. The Bertz CT molecular complexity index is 491. The van der Waals surface area contributed by atoms with Crippen molar-refractivity contribution in [2.75, 3.05) is 24.7 Å². The summed E-state index contributed by atoms with van der Waals surface area (Å²) >= 11 is 0. The fraction of sp³-hybridized carbons (Fsp3) is 0.364. The van der Waals surface area contributed by atoms with E-state index in [2.05, 4.69) is 15.0 Å². The number of para-hydroxylation sites is 1. The summed E-state index contributed by atoms with van der Waals surface area (Å²) in [4.78, 5) is 4.09. The Kier molecular flexibility index (Phi) is 8.68. The number of anilines is 1. The third-order valence-electron chi connectivity index (χ3n) is 2.03. The zero-order chi connectivity index (χ0) is 13.4. The second kappa shape index (κ2) is 9.10. The highest BCUT2D eigenvalue weighted by Gasteiger charge is 1.98. The molecule has 0 radical (unpaired) electrons. The van der Waals surface area contributed by atoms with Crippen LogP contribution in [0.15, 0.2) is 35.3 Å². The Balaban J connectivity index is 0.00000324. The molecule has 0 unspecified atom stereocenters. The maximum Gasteiger partial charge on any atom is 0.208 e. The van der Waals surface area contributed by atoms with Gasteiger partial charge >= 0.3 is 0 Å². The van der Waals surface area contributed by atoms with E-state index in [9.17, 15) is 8.42 Å². The van der Waals surface area contributed by atoms with Gasteiger partial charge in [0.25, 0.3) is 0 Å². The van der Waals surface area contributed by atoms with Crippen molar-refractivity contribution in [2.24, 2.45) is 10.7 Å². The minimum atomic E-state index is -3.12. The fourth-order valence-corrected chi connectivity index (χ4v) is 1.76. The van der Waals surface area contributed by atoms with Crippen molar-refractivity contribution in [1.29, 1.82) is 0 Å². The molecule has 0 saturated carbocycles. The molecule has 0 spiro atoms. The Morgan fingerprint density at radius 1 is 1.32 bits per heavy atom. The van der Waals surface area contributed by atoms with Gasteiger partial charge in [0.15, 0.2) is 5.96 Å². The quantitative estimate of drug-likeness (QED) is 0.288. The van der Waals surface area contributed by atoms with E-state index in [4.69, 9.17) is 5.73 Å². The smallest absolute Gasteiger partial charge is 0.208 e. The third-order valence-corrected chi connectivity index (χ3v) is 2.76. The Hall–Kier alpha value is -0.870. The highest BCUT2D eigenvalue weighted by Crippen LogP contribution is 2.03. The molecule has 108 valence electrons. The topological polar surface area (TPSA) is 96.6 Å². The molecule has 0 atom stereocenters. The number of rotatable bonds is 6. The Labute approximate surface area is 130 Å². The Morgan fingerprint density at radius 3 is 2.53 bits per heavy atom. The lowest BCUT2D eigenvalue weighted by Crippen LogP contribution is -2.25. The van der Waals surface area contributed by atoms with E-state index in [1.54, 1.807) is 0 Å². The summed E-state index contributed by atoms with van der Waals surface area (Å²) in [5.41, 5.74) is 6.54. The molecular formula is C11H19IN4O2S. The largest absolute Gasteiger partial charge is 0.370 e. The van der Waals surface area contributed by atoms with Crippen LogP contribution in [0.3, 0.4) is 0 Å². The van der Waals surface area contributed by atoms with Crippen molar-refractivity contribution in [1.82, 2.24) is 4.72 Å². The van der Waals surface area contributed by atoms with Gasteiger partial charge in [-0.2, -0.15) is 0 Å². The highest BCUT2D eigenvalue weighted by atomic mass is 127. The second-order valence-corrected chi connectivity index (χ2v) is 5.61. The lowest BCUT2D eigenvalue weighted by Gasteiger charge is -2.05. The molecule has 0 bridgehead atoms. The van der Waals surface area contributed by atoms with Crippen LogP contribution < -0.4 is 15.8 Å². The molecule has 1 aromatic carbocycles. The lowest BCUT2D eigenvalue weighted by atomic mass is 10.3. The van der Waals surface area contributed by atoms with Crippen LogP contribution in [-0.2, 0) is 10.0 Å². The number of sulfonamides is 1. The van der Waals surface area contributed by atoms with Crippen LogP contribution in [-0.4, -0.2) is 33.7 Å². The van der Waals surface area contributed by atoms with E-state index in [0.29, 0.717) is 25.5 Å². The molecule has 0 saturated heterocycles. The molecule has 0 amide bonds. The van der Waals surface area contributed by atoms with Gasteiger partial charge in [0.2, 0.25) is 10.0 Å². The van der Waals surface area contributed by atoms with Gasteiger partial charge in [0.1, 0.15) is 0 Å². The number of hydrogen-bond donors (Lipinski definition) is 3. The fourth-order valence-electron chi connectivity index (χ4n) is 1.25. The predicted octanol–water partition coefficient (Wildman–Crippen LogP) is 0.971. The van der Waals surface area contributed by atoms with Gasteiger partial charge in [0, 0.05) is 18.8 Å². The number of nitrogens with one attached hydrogen (secondary N) is 2. The van der Waals surface area contributed by atoms with Crippen LogP contribution in [0.1, 0.15) is 6.42 Å². The van der Waals surface area contributed by atoms with Crippen LogP contribution in [0, 0.1) is 0 Å². The molecule has 1 rings (SSSR count).